The lowest BCUT2D eigenvalue weighted by atomic mass is 9.74. The van der Waals surface area contributed by atoms with Gasteiger partial charge in [-0.15, -0.1) is 0 Å². The maximum atomic E-state index is 5.65. The molecule has 0 aliphatic carbocycles. The highest BCUT2D eigenvalue weighted by Crippen LogP contribution is 2.35. The highest BCUT2D eigenvalue weighted by atomic mass is 16.5. The summed E-state index contributed by atoms with van der Waals surface area (Å²) < 4.78 is 5.65. The van der Waals surface area contributed by atoms with Crippen molar-refractivity contribution in [3.05, 3.63) is 35.9 Å². The summed E-state index contributed by atoms with van der Waals surface area (Å²) in [6.45, 7) is 16.3. The third-order valence-electron chi connectivity index (χ3n) is 5.71. The van der Waals surface area contributed by atoms with Crippen molar-refractivity contribution >= 4 is 5.96 Å². The van der Waals surface area contributed by atoms with Gasteiger partial charge in [0.2, 0.25) is 0 Å². The average Bonchev–Trinajstić information content (AvgIpc) is 2.70. The molecule has 5 heteroatoms. The Morgan fingerprint density at radius 3 is 2.29 bits per heavy atom. The predicted octanol–water partition coefficient (Wildman–Crippen LogP) is 3.41. The topological polar surface area (TPSA) is 48.9 Å². The summed E-state index contributed by atoms with van der Waals surface area (Å²) in [5, 5.41) is 6.95. The van der Waals surface area contributed by atoms with Crippen molar-refractivity contribution in [2.45, 2.75) is 65.0 Å². The molecule has 0 radical (unpaired) electrons. The Labute approximate surface area is 171 Å². The van der Waals surface area contributed by atoms with Crippen LogP contribution in [0, 0.1) is 0 Å². The zero-order valence-corrected chi connectivity index (χ0v) is 18.5. The molecule has 0 unspecified atom stereocenters. The number of aliphatic imine (C=N–C) groups is 1. The van der Waals surface area contributed by atoms with Gasteiger partial charge in [-0.2, -0.15) is 0 Å². The molecule has 0 spiro atoms. The summed E-state index contributed by atoms with van der Waals surface area (Å²) in [7, 11) is 0. The van der Waals surface area contributed by atoms with E-state index in [0.29, 0.717) is 12.1 Å². The highest BCUT2D eigenvalue weighted by molar-refractivity contribution is 5.79. The van der Waals surface area contributed by atoms with Crippen LogP contribution in [0.3, 0.4) is 0 Å². The number of nitrogens with zero attached hydrogens (tertiary/aromatic N) is 2. The average molecular weight is 389 g/mol. The lowest BCUT2D eigenvalue weighted by molar-refractivity contribution is 0.0531. The lowest BCUT2D eigenvalue weighted by Crippen LogP contribution is -2.46. The van der Waals surface area contributed by atoms with E-state index in [9.17, 15) is 0 Å². The van der Waals surface area contributed by atoms with Gasteiger partial charge < -0.3 is 15.4 Å². The first-order chi connectivity index (χ1) is 13.5. The highest BCUT2D eigenvalue weighted by Gasteiger charge is 2.34. The first-order valence-electron chi connectivity index (χ1n) is 10.9. The molecule has 158 valence electrons. The van der Waals surface area contributed by atoms with Gasteiger partial charge in [0.25, 0.3) is 0 Å². The monoisotopic (exact) mass is 388 g/mol. The number of nitrogens with one attached hydrogen (secondary N) is 2. The van der Waals surface area contributed by atoms with Crippen molar-refractivity contribution in [2.75, 3.05) is 39.4 Å². The van der Waals surface area contributed by atoms with Gasteiger partial charge in [-0.05, 0) is 53.0 Å². The molecule has 1 aromatic rings. The number of ether oxygens (including phenoxy) is 1. The standard InChI is InChI=1S/C23H40N4O/c1-6-24-22(25-14-15-27(19(2)3)20(4)5)26-18-23(12-16-28-17-13-23)21-10-8-7-9-11-21/h7-11,19-20H,6,12-18H2,1-5H3,(H2,24,25,26). The van der Waals surface area contributed by atoms with Crippen LogP contribution in [0.5, 0.6) is 0 Å². The normalized spacial score (nSPS) is 17.4. The van der Waals surface area contributed by atoms with Crippen LogP contribution in [0.1, 0.15) is 53.0 Å². The number of guanidine groups is 1. The Bertz CT molecular complexity index is 572. The van der Waals surface area contributed by atoms with E-state index in [1.165, 1.54) is 5.56 Å². The molecular weight excluding hydrogens is 348 g/mol. The van der Waals surface area contributed by atoms with Gasteiger partial charge in [0.15, 0.2) is 5.96 Å². The Balaban J connectivity index is 2.04. The van der Waals surface area contributed by atoms with E-state index in [-0.39, 0.29) is 5.41 Å². The third kappa shape index (κ3) is 6.49. The molecule has 1 aromatic carbocycles. The van der Waals surface area contributed by atoms with Crippen molar-refractivity contribution in [3.8, 4) is 0 Å². The minimum atomic E-state index is 0.0732. The fourth-order valence-corrected chi connectivity index (χ4v) is 4.08. The molecule has 0 amide bonds. The van der Waals surface area contributed by atoms with E-state index < -0.39 is 0 Å². The van der Waals surface area contributed by atoms with Gasteiger partial charge in [-0.25, -0.2) is 0 Å². The second-order valence-corrected chi connectivity index (χ2v) is 8.31. The minimum Gasteiger partial charge on any atom is -0.381 e. The van der Waals surface area contributed by atoms with Gasteiger partial charge in [0.1, 0.15) is 0 Å². The van der Waals surface area contributed by atoms with Gasteiger partial charge in [-0.1, -0.05) is 30.3 Å². The molecule has 28 heavy (non-hydrogen) atoms. The van der Waals surface area contributed by atoms with Crippen LogP contribution in [-0.4, -0.2) is 62.3 Å². The quantitative estimate of drug-likeness (QED) is 0.503. The van der Waals surface area contributed by atoms with Crippen LogP contribution >= 0.6 is 0 Å². The molecule has 2 N–H and O–H groups in total. The van der Waals surface area contributed by atoms with Gasteiger partial charge in [-0.3, -0.25) is 9.89 Å². The zero-order valence-electron chi connectivity index (χ0n) is 18.5. The van der Waals surface area contributed by atoms with Crippen molar-refractivity contribution in [3.63, 3.8) is 0 Å². The number of hydrogen-bond donors (Lipinski definition) is 2. The fourth-order valence-electron chi connectivity index (χ4n) is 4.08. The van der Waals surface area contributed by atoms with Gasteiger partial charge >= 0.3 is 0 Å². The van der Waals surface area contributed by atoms with Gasteiger partial charge in [0, 0.05) is 50.3 Å². The molecule has 0 saturated carbocycles. The molecule has 1 heterocycles. The van der Waals surface area contributed by atoms with Crippen LogP contribution < -0.4 is 10.6 Å². The maximum absolute atomic E-state index is 5.65. The molecule has 1 aliphatic heterocycles. The van der Waals surface area contributed by atoms with E-state index >= 15 is 0 Å². The summed E-state index contributed by atoms with van der Waals surface area (Å²) in [6.07, 6.45) is 2.04. The molecule has 5 nitrogen and oxygen atoms in total. The molecule has 0 atom stereocenters. The second kappa shape index (κ2) is 11.4. The van der Waals surface area contributed by atoms with E-state index in [4.69, 9.17) is 9.73 Å². The minimum absolute atomic E-state index is 0.0732. The lowest BCUT2D eigenvalue weighted by Gasteiger charge is -2.36. The predicted molar refractivity (Wildman–Crippen MR) is 119 cm³/mol. The van der Waals surface area contributed by atoms with Crippen molar-refractivity contribution < 1.29 is 4.74 Å². The number of rotatable bonds is 9. The molecular formula is C23H40N4O. The summed E-state index contributed by atoms with van der Waals surface area (Å²) in [5.74, 6) is 0.914. The summed E-state index contributed by atoms with van der Waals surface area (Å²) in [5.41, 5.74) is 1.45. The maximum Gasteiger partial charge on any atom is 0.191 e. The van der Waals surface area contributed by atoms with Crippen LogP contribution in [0.2, 0.25) is 0 Å². The summed E-state index contributed by atoms with van der Waals surface area (Å²) >= 11 is 0. The summed E-state index contributed by atoms with van der Waals surface area (Å²) in [4.78, 5) is 7.49. The summed E-state index contributed by atoms with van der Waals surface area (Å²) in [6, 6.07) is 11.9. The Kier molecular flexibility index (Phi) is 9.26. The second-order valence-electron chi connectivity index (χ2n) is 8.31. The van der Waals surface area contributed by atoms with Gasteiger partial charge in [0.05, 0.1) is 6.54 Å². The SMILES string of the molecule is CCNC(=NCC1(c2ccccc2)CCOCC1)NCCN(C(C)C)C(C)C. The van der Waals surface area contributed by atoms with Crippen molar-refractivity contribution in [1.29, 1.82) is 0 Å². The molecule has 0 aromatic heterocycles. The van der Waals surface area contributed by atoms with Crippen LogP contribution in [0.4, 0.5) is 0 Å². The van der Waals surface area contributed by atoms with Crippen molar-refractivity contribution in [1.82, 2.24) is 15.5 Å². The molecule has 0 bridgehead atoms. The van der Waals surface area contributed by atoms with Crippen LogP contribution in [-0.2, 0) is 10.2 Å². The molecule has 2 rings (SSSR count). The smallest absolute Gasteiger partial charge is 0.191 e. The molecule has 1 aliphatic rings. The number of benzene rings is 1. The van der Waals surface area contributed by atoms with Crippen molar-refractivity contribution in [2.24, 2.45) is 4.99 Å². The Morgan fingerprint density at radius 2 is 1.71 bits per heavy atom. The molecule has 1 saturated heterocycles. The van der Waals surface area contributed by atoms with E-state index in [1.54, 1.807) is 0 Å². The first-order valence-corrected chi connectivity index (χ1v) is 10.9. The molecule has 1 fully saturated rings. The van der Waals surface area contributed by atoms with E-state index in [2.05, 4.69) is 80.5 Å². The Hall–Kier alpha value is -1.59. The zero-order chi connectivity index (χ0) is 20.4. The van der Waals surface area contributed by atoms with E-state index in [0.717, 1.165) is 58.2 Å². The van der Waals surface area contributed by atoms with Crippen LogP contribution in [0.15, 0.2) is 35.3 Å². The Morgan fingerprint density at radius 1 is 1.07 bits per heavy atom. The fraction of sp³-hybridized carbons (Fsp3) is 0.696. The third-order valence-corrected chi connectivity index (χ3v) is 5.71. The number of hydrogen-bond acceptors (Lipinski definition) is 3. The first kappa shape index (κ1) is 22.7. The van der Waals surface area contributed by atoms with Crippen LogP contribution in [0.25, 0.3) is 0 Å². The largest absolute Gasteiger partial charge is 0.381 e. The van der Waals surface area contributed by atoms with E-state index in [1.807, 2.05) is 0 Å².